The third-order valence-corrected chi connectivity index (χ3v) is 5.66. The van der Waals surface area contributed by atoms with Gasteiger partial charge in [-0.05, 0) is 54.8 Å². The fourth-order valence-electron chi connectivity index (χ4n) is 3.16. The van der Waals surface area contributed by atoms with Crippen LogP contribution in [-0.2, 0) is 16.0 Å². The number of nitrogens with zero attached hydrogens (tertiary/aromatic N) is 1. The van der Waals surface area contributed by atoms with Crippen molar-refractivity contribution < 1.29 is 14.4 Å². The van der Waals surface area contributed by atoms with Gasteiger partial charge in [0.15, 0.2) is 0 Å². The van der Waals surface area contributed by atoms with Crippen molar-refractivity contribution in [2.24, 2.45) is 0 Å². The van der Waals surface area contributed by atoms with E-state index in [9.17, 15) is 14.4 Å². The number of rotatable bonds is 7. The number of amides is 3. The molecule has 2 aromatic rings. The second kappa shape index (κ2) is 9.56. The van der Waals surface area contributed by atoms with E-state index in [4.69, 9.17) is 0 Å². The number of hydrogen-bond acceptors (Lipinski definition) is 4. The fourth-order valence-corrected chi connectivity index (χ4v) is 4.03. The number of thioether (sulfide) groups is 1. The molecule has 0 atom stereocenters. The molecule has 1 fully saturated rings. The van der Waals surface area contributed by atoms with Gasteiger partial charge in [0, 0.05) is 19.5 Å². The molecule has 3 amide bonds. The summed E-state index contributed by atoms with van der Waals surface area (Å²) in [7, 11) is 0. The van der Waals surface area contributed by atoms with Crippen LogP contribution in [0.5, 0.6) is 0 Å². The molecule has 0 bridgehead atoms. The molecule has 3 rings (SSSR count). The van der Waals surface area contributed by atoms with E-state index >= 15 is 0 Å². The highest BCUT2D eigenvalue weighted by Crippen LogP contribution is 2.31. The molecule has 1 aliphatic heterocycles. The van der Waals surface area contributed by atoms with Crippen LogP contribution in [0.3, 0.4) is 0 Å². The fraction of sp³-hybridized carbons (Fsp3) is 0.261. The molecule has 5 nitrogen and oxygen atoms in total. The summed E-state index contributed by atoms with van der Waals surface area (Å²) in [6.45, 7) is 4.51. The molecule has 150 valence electrons. The molecule has 29 heavy (non-hydrogen) atoms. The first-order valence-electron chi connectivity index (χ1n) is 9.57. The highest BCUT2D eigenvalue weighted by molar-refractivity contribution is 8.18. The van der Waals surface area contributed by atoms with Gasteiger partial charge in [-0.25, -0.2) is 0 Å². The van der Waals surface area contributed by atoms with E-state index in [0.29, 0.717) is 17.7 Å². The van der Waals surface area contributed by atoms with E-state index < -0.39 is 0 Å². The number of hydrogen-bond donors (Lipinski definition) is 1. The topological polar surface area (TPSA) is 66.5 Å². The summed E-state index contributed by atoms with van der Waals surface area (Å²) in [4.78, 5) is 38.3. The van der Waals surface area contributed by atoms with Crippen LogP contribution in [-0.4, -0.2) is 35.0 Å². The van der Waals surface area contributed by atoms with E-state index in [1.54, 1.807) is 6.08 Å². The van der Waals surface area contributed by atoms with Crippen molar-refractivity contribution in [3.8, 4) is 0 Å². The van der Waals surface area contributed by atoms with Crippen molar-refractivity contribution in [2.75, 3.05) is 13.1 Å². The predicted octanol–water partition coefficient (Wildman–Crippen LogP) is 4.09. The highest BCUT2D eigenvalue weighted by Gasteiger charge is 2.34. The normalized spacial score (nSPS) is 15.2. The van der Waals surface area contributed by atoms with Crippen LogP contribution in [0.1, 0.15) is 28.7 Å². The van der Waals surface area contributed by atoms with Gasteiger partial charge in [0.25, 0.3) is 11.1 Å². The molecule has 1 aliphatic rings. The van der Waals surface area contributed by atoms with Gasteiger partial charge < -0.3 is 5.32 Å². The van der Waals surface area contributed by atoms with Gasteiger partial charge in [-0.15, -0.1) is 0 Å². The van der Waals surface area contributed by atoms with Crippen molar-refractivity contribution >= 4 is 34.9 Å². The van der Waals surface area contributed by atoms with Crippen LogP contribution >= 0.6 is 11.8 Å². The Hall–Kier alpha value is -2.86. The van der Waals surface area contributed by atoms with Crippen LogP contribution in [0.15, 0.2) is 53.4 Å². The summed E-state index contributed by atoms with van der Waals surface area (Å²) in [5.41, 5.74) is 4.41. The maximum atomic E-state index is 12.5. The lowest BCUT2D eigenvalue weighted by molar-refractivity contribution is -0.124. The summed E-state index contributed by atoms with van der Waals surface area (Å²) in [5.74, 6) is -0.398. The van der Waals surface area contributed by atoms with Gasteiger partial charge in [0.05, 0.1) is 4.91 Å². The Morgan fingerprint density at radius 1 is 1.10 bits per heavy atom. The first kappa shape index (κ1) is 20.9. The van der Waals surface area contributed by atoms with Gasteiger partial charge in [-0.1, -0.05) is 54.1 Å². The molecule has 0 saturated carbocycles. The maximum Gasteiger partial charge on any atom is 0.293 e. The Kier molecular flexibility index (Phi) is 6.88. The van der Waals surface area contributed by atoms with Gasteiger partial charge in [-0.3, -0.25) is 19.3 Å². The Balaban J connectivity index is 1.47. The molecule has 1 heterocycles. The molecule has 0 aromatic heterocycles. The zero-order chi connectivity index (χ0) is 20.8. The van der Waals surface area contributed by atoms with Crippen molar-refractivity contribution in [1.82, 2.24) is 10.2 Å². The second-order valence-electron chi connectivity index (χ2n) is 7.02. The van der Waals surface area contributed by atoms with Crippen molar-refractivity contribution in [3.05, 3.63) is 75.7 Å². The molecule has 0 radical (unpaired) electrons. The SMILES string of the molecule is Cc1ccc(CCC(=O)NCCN2C(=O)S/C(=C\c3ccccc3)C2=O)c(C)c1. The van der Waals surface area contributed by atoms with E-state index in [2.05, 4.69) is 17.4 Å². The molecule has 6 heteroatoms. The molecule has 0 unspecified atom stereocenters. The number of aryl methyl sites for hydroxylation is 3. The van der Waals surface area contributed by atoms with E-state index in [0.717, 1.165) is 22.9 Å². The minimum atomic E-state index is -0.312. The molecule has 0 aliphatic carbocycles. The number of carbonyl (C=O) groups excluding carboxylic acids is 3. The predicted molar refractivity (Wildman–Crippen MR) is 116 cm³/mol. The van der Waals surface area contributed by atoms with Gasteiger partial charge in [-0.2, -0.15) is 0 Å². The quantitative estimate of drug-likeness (QED) is 0.701. The third-order valence-electron chi connectivity index (χ3n) is 4.75. The van der Waals surface area contributed by atoms with Gasteiger partial charge >= 0.3 is 0 Å². The van der Waals surface area contributed by atoms with Crippen LogP contribution in [0.4, 0.5) is 4.79 Å². The Morgan fingerprint density at radius 3 is 2.59 bits per heavy atom. The lowest BCUT2D eigenvalue weighted by atomic mass is 10.0. The molecular formula is C23H24N2O3S. The summed E-state index contributed by atoms with van der Waals surface area (Å²) < 4.78 is 0. The molecule has 0 spiro atoms. The van der Waals surface area contributed by atoms with E-state index in [1.165, 1.54) is 16.0 Å². The van der Waals surface area contributed by atoms with Crippen molar-refractivity contribution in [2.45, 2.75) is 26.7 Å². The zero-order valence-corrected chi connectivity index (χ0v) is 17.4. The average Bonchev–Trinajstić information content (AvgIpc) is 2.95. The Bertz CT molecular complexity index is 954. The van der Waals surface area contributed by atoms with Crippen LogP contribution < -0.4 is 5.32 Å². The molecule has 2 aromatic carbocycles. The second-order valence-corrected chi connectivity index (χ2v) is 8.02. The van der Waals surface area contributed by atoms with Crippen LogP contribution in [0, 0.1) is 13.8 Å². The summed E-state index contributed by atoms with van der Waals surface area (Å²) in [5, 5.41) is 2.50. The van der Waals surface area contributed by atoms with Gasteiger partial charge in [0.1, 0.15) is 0 Å². The Labute approximate surface area is 175 Å². The lowest BCUT2D eigenvalue weighted by Gasteiger charge is -2.13. The van der Waals surface area contributed by atoms with Crippen molar-refractivity contribution in [1.29, 1.82) is 0 Å². The summed E-state index contributed by atoms with van der Waals surface area (Å²) >= 11 is 0.932. The zero-order valence-electron chi connectivity index (χ0n) is 16.6. The van der Waals surface area contributed by atoms with E-state index in [-0.39, 0.29) is 30.1 Å². The summed E-state index contributed by atoms with van der Waals surface area (Å²) in [6.07, 6.45) is 2.76. The van der Waals surface area contributed by atoms with Gasteiger partial charge in [0.2, 0.25) is 5.91 Å². The largest absolute Gasteiger partial charge is 0.354 e. The number of nitrogens with one attached hydrogen (secondary N) is 1. The number of carbonyl (C=O) groups is 3. The highest BCUT2D eigenvalue weighted by atomic mass is 32.2. The smallest absolute Gasteiger partial charge is 0.293 e. The van der Waals surface area contributed by atoms with E-state index in [1.807, 2.05) is 50.2 Å². The number of imide groups is 1. The number of benzene rings is 2. The third kappa shape index (κ3) is 5.57. The monoisotopic (exact) mass is 408 g/mol. The van der Waals surface area contributed by atoms with Crippen LogP contribution in [0.2, 0.25) is 0 Å². The minimum absolute atomic E-state index is 0.0863. The first-order chi connectivity index (χ1) is 13.9. The molecule has 1 N–H and O–H groups in total. The lowest BCUT2D eigenvalue weighted by Crippen LogP contribution is -2.37. The van der Waals surface area contributed by atoms with Crippen LogP contribution in [0.25, 0.3) is 6.08 Å². The average molecular weight is 409 g/mol. The van der Waals surface area contributed by atoms with Crippen molar-refractivity contribution in [3.63, 3.8) is 0 Å². The maximum absolute atomic E-state index is 12.5. The molecular weight excluding hydrogens is 384 g/mol. The summed E-state index contributed by atoms with van der Waals surface area (Å²) in [6, 6.07) is 15.6. The molecule has 1 saturated heterocycles. The Morgan fingerprint density at radius 2 is 1.86 bits per heavy atom. The minimum Gasteiger partial charge on any atom is -0.354 e. The standard InChI is InChI=1S/C23H24N2O3S/c1-16-8-9-19(17(2)14-16)10-11-21(26)24-12-13-25-22(27)20(29-23(25)28)15-18-6-4-3-5-7-18/h3-9,14-15H,10-13H2,1-2H3,(H,24,26)/b20-15-. The first-order valence-corrected chi connectivity index (χ1v) is 10.4.